The summed E-state index contributed by atoms with van der Waals surface area (Å²) in [6.07, 6.45) is 1.64. The SMILES string of the molecule is CN(c1ccccc1)c1ccc(C=NNC(=O)c2ccc(CSc3nc4ccccc4[nH]3)cc2)cc1. The van der Waals surface area contributed by atoms with Gasteiger partial charge in [0, 0.05) is 29.7 Å². The molecule has 1 aromatic heterocycles. The van der Waals surface area contributed by atoms with E-state index in [1.165, 1.54) is 0 Å². The van der Waals surface area contributed by atoms with E-state index in [0.29, 0.717) is 5.56 Å². The number of aromatic nitrogens is 2. The zero-order valence-electron chi connectivity index (χ0n) is 19.8. The fraction of sp³-hybridized carbons (Fsp3) is 0.0690. The Labute approximate surface area is 214 Å². The number of carbonyl (C=O) groups excluding carboxylic acids is 1. The molecule has 7 heteroatoms. The van der Waals surface area contributed by atoms with Crippen molar-refractivity contribution in [1.29, 1.82) is 0 Å². The molecule has 0 aliphatic heterocycles. The van der Waals surface area contributed by atoms with Crippen molar-refractivity contribution in [2.24, 2.45) is 5.10 Å². The van der Waals surface area contributed by atoms with Crippen molar-refractivity contribution >= 4 is 46.3 Å². The van der Waals surface area contributed by atoms with Crippen molar-refractivity contribution in [2.75, 3.05) is 11.9 Å². The fourth-order valence-electron chi connectivity index (χ4n) is 3.72. The average Bonchev–Trinajstić information content (AvgIpc) is 3.36. The van der Waals surface area contributed by atoms with E-state index in [4.69, 9.17) is 0 Å². The van der Waals surface area contributed by atoms with E-state index >= 15 is 0 Å². The summed E-state index contributed by atoms with van der Waals surface area (Å²) < 4.78 is 0. The van der Waals surface area contributed by atoms with Crippen molar-refractivity contribution in [3.05, 3.63) is 120 Å². The van der Waals surface area contributed by atoms with E-state index in [-0.39, 0.29) is 5.91 Å². The van der Waals surface area contributed by atoms with Crippen LogP contribution in [0.2, 0.25) is 0 Å². The van der Waals surface area contributed by atoms with Gasteiger partial charge in [-0.25, -0.2) is 10.4 Å². The lowest BCUT2D eigenvalue weighted by molar-refractivity contribution is 0.0955. The van der Waals surface area contributed by atoms with Crippen molar-refractivity contribution in [1.82, 2.24) is 15.4 Å². The lowest BCUT2D eigenvalue weighted by atomic mass is 10.1. The summed E-state index contributed by atoms with van der Waals surface area (Å²) in [6.45, 7) is 0. The molecule has 0 atom stereocenters. The molecule has 0 saturated heterocycles. The highest BCUT2D eigenvalue weighted by molar-refractivity contribution is 7.98. The van der Waals surface area contributed by atoms with Crippen molar-refractivity contribution in [3.63, 3.8) is 0 Å². The smallest absolute Gasteiger partial charge is 0.271 e. The summed E-state index contributed by atoms with van der Waals surface area (Å²) in [5.74, 6) is 0.512. The first-order chi connectivity index (χ1) is 17.7. The molecule has 178 valence electrons. The number of anilines is 2. The van der Waals surface area contributed by atoms with Gasteiger partial charge in [0.05, 0.1) is 17.2 Å². The third kappa shape index (κ3) is 5.64. The van der Waals surface area contributed by atoms with Gasteiger partial charge in [0.1, 0.15) is 0 Å². The Morgan fingerprint density at radius 1 is 0.917 bits per heavy atom. The average molecular weight is 492 g/mol. The normalized spacial score (nSPS) is 11.1. The van der Waals surface area contributed by atoms with Gasteiger partial charge in [-0.15, -0.1) is 0 Å². The molecule has 1 heterocycles. The summed E-state index contributed by atoms with van der Waals surface area (Å²) in [6, 6.07) is 33.7. The van der Waals surface area contributed by atoms with Gasteiger partial charge in [-0.2, -0.15) is 5.10 Å². The maximum atomic E-state index is 12.5. The Hall–Kier alpha value is -4.36. The molecule has 4 aromatic carbocycles. The second kappa shape index (κ2) is 10.9. The number of aromatic amines is 1. The van der Waals surface area contributed by atoms with Gasteiger partial charge in [-0.1, -0.05) is 66.4 Å². The Morgan fingerprint density at radius 2 is 1.61 bits per heavy atom. The molecule has 5 aromatic rings. The number of hydrogen-bond donors (Lipinski definition) is 2. The number of para-hydroxylation sites is 3. The predicted molar refractivity (Wildman–Crippen MR) is 148 cm³/mol. The number of hydrazone groups is 1. The summed E-state index contributed by atoms with van der Waals surface area (Å²) in [7, 11) is 2.03. The van der Waals surface area contributed by atoms with Crippen molar-refractivity contribution in [2.45, 2.75) is 10.9 Å². The number of thioether (sulfide) groups is 1. The van der Waals surface area contributed by atoms with E-state index in [0.717, 1.165) is 44.4 Å². The minimum absolute atomic E-state index is 0.247. The topological polar surface area (TPSA) is 73.4 Å². The standard InChI is InChI=1S/C29H25N5OS/c1-34(24-7-3-2-4-8-24)25-17-13-21(14-18-25)19-30-33-28(35)23-15-11-22(12-16-23)20-36-29-31-26-9-5-6-10-27(26)32-29/h2-19H,20H2,1H3,(H,31,32)(H,33,35). The van der Waals surface area contributed by atoms with Gasteiger partial charge in [-0.05, 0) is 59.7 Å². The summed E-state index contributed by atoms with van der Waals surface area (Å²) >= 11 is 1.63. The zero-order valence-corrected chi connectivity index (χ0v) is 20.6. The van der Waals surface area contributed by atoms with Crippen LogP contribution in [-0.2, 0) is 5.75 Å². The minimum atomic E-state index is -0.247. The molecule has 0 aliphatic carbocycles. The number of imidazole rings is 1. The molecule has 0 saturated carbocycles. The second-order valence-electron chi connectivity index (χ2n) is 8.23. The maximum absolute atomic E-state index is 12.5. The van der Waals surface area contributed by atoms with Gasteiger partial charge < -0.3 is 9.88 Å². The van der Waals surface area contributed by atoms with E-state index in [1.54, 1.807) is 18.0 Å². The van der Waals surface area contributed by atoms with Gasteiger partial charge in [0.2, 0.25) is 0 Å². The lowest BCUT2D eigenvalue weighted by Gasteiger charge is -2.19. The Bertz CT molecular complexity index is 1450. The van der Waals surface area contributed by atoms with Crippen LogP contribution in [0.5, 0.6) is 0 Å². The molecular formula is C29H25N5OS. The van der Waals surface area contributed by atoms with Crippen LogP contribution in [0, 0.1) is 0 Å². The summed E-state index contributed by atoms with van der Waals surface area (Å²) in [5.41, 5.74) is 9.35. The van der Waals surface area contributed by atoms with Gasteiger partial charge in [0.15, 0.2) is 5.16 Å². The molecule has 0 fully saturated rings. The Morgan fingerprint density at radius 3 is 2.36 bits per heavy atom. The Kier molecular flexibility index (Phi) is 7.10. The molecule has 0 unspecified atom stereocenters. The summed E-state index contributed by atoms with van der Waals surface area (Å²) in [5, 5.41) is 5.00. The van der Waals surface area contributed by atoms with Crippen molar-refractivity contribution < 1.29 is 4.79 Å². The van der Waals surface area contributed by atoms with Gasteiger partial charge >= 0.3 is 0 Å². The molecule has 0 aliphatic rings. The summed E-state index contributed by atoms with van der Waals surface area (Å²) in [4.78, 5) is 22.5. The molecule has 5 rings (SSSR count). The number of fused-ring (bicyclic) bond motifs is 1. The quantitative estimate of drug-likeness (QED) is 0.150. The highest BCUT2D eigenvalue weighted by atomic mass is 32.2. The first-order valence-electron chi connectivity index (χ1n) is 11.5. The second-order valence-corrected chi connectivity index (χ2v) is 9.19. The highest BCUT2D eigenvalue weighted by Gasteiger charge is 2.07. The lowest BCUT2D eigenvalue weighted by Crippen LogP contribution is -2.17. The highest BCUT2D eigenvalue weighted by Crippen LogP contribution is 2.24. The number of amides is 1. The van der Waals surface area contributed by atoms with Crippen LogP contribution < -0.4 is 10.3 Å². The number of H-pyrrole nitrogens is 1. The third-order valence-electron chi connectivity index (χ3n) is 5.76. The number of benzene rings is 4. The molecule has 0 bridgehead atoms. The van der Waals surface area contributed by atoms with Crippen LogP contribution >= 0.6 is 11.8 Å². The Balaban J connectivity index is 1.13. The number of rotatable bonds is 8. The first-order valence-corrected chi connectivity index (χ1v) is 12.5. The number of carbonyl (C=O) groups is 1. The van der Waals surface area contributed by atoms with E-state index in [9.17, 15) is 4.79 Å². The van der Waals surface area contributed by atoms with E-state index in [1.807, 2.05) is 98.0 Å². The van der Waals surface area contributed by atoms with Crippen LogP contribution in [-0.4, -0.2) is 29.1 Å². The number of nitrogens with one attached hydrogen (secondary N) is 2. The molecule has 0 spiro atoms. The van der Waals surface area contributed by atoms with Crippen LogP contribution in [0.25, 0.3) is 11.0 Å². The molecular weight excluding hydrogens is 466 g/mol. The molecule has 0 radical (unpaired) electrons. The van der Waals surface area contributed by atoms with Gasteiger partial charge in [-0.3, -0.25) is 4.79 Å². The van der Waals surface area contributed by atoms with Crippen molar-refractivity contribution in [3.8, 4) is 0 Å². The van der Waals surface area contributed by atoms with Crippen LogP contribution in [0.1, 0.15) is 21.5 Å². The van der Waals surface area contributed by atoms with E-state index < -0.39 is 0 Å². The fourth-order valence-corrected chi connectivity index (χ4v) is 4.56. The maximum Gasteiger partial charge on any atom is 0.271 e. The zero-order chi connectivity index (χ0) is 24.7. The van der Waals surface area contributed by atoms with Crippen LogP contribution in [0.4, 0.5) is 11.4 Å². The van der Waals surface area contributed by atoms with E-state index in [2.05, 4.69) is 37.5 Å². The third-order valence-corrected chi connectivity index (χ3v) is 6.71. The largest absolute Gasteiger partial charge is 0.345 e. The number of hydrogen-bond acceptors (Lipinski definition) is 5. The molecule has 36 heavy (non-hydrogen) atoms. The minimum Gasteiger partial charge on any atom is -0.345 e. The van der Waals surface area contributed by atoms with Crippen LogP contribution in [0.15, 0.2) is 113 Å². The monoisotopic (exact) mass is 491 g/mol. The molecule has 2 N–H and O–H groups in total. The predicted octanol–water partition coefficient (Wildman–Crippen LogP) is 6.39. The molecule has 1 amide bonds. The van der Waals surface area contributed by atoms with Gasteiger partial charge in [0.25, 0.3) is 5.91 Å². The molecule has 6 nitrogen and oxygen atoms in total. The van der Waals surface area contributed by atoms with Crippen LogP contribution in [0.3, 0.4) is 0 Å². The number of nitrogens with zero attached hydrogens (tertiary/aromatic N) is 3. The first kappa shape index (κ1) is 23.4.